The number of aliphatic carboxylic acids is 1. The van der Waals surface area contributed by atoms with E-state index in [0.717, 1.165) is 25.7 Å². The molecular weight excluding hydrogens is 296 g/mol. The molecule has 2 heteroatoms. The molecule has 3 aliphatic carbocycles. The maximum Gasteiger partial charge on any atom is 0.310 e. The monoisotopic (exact) mass is 328 g/mol. The third-order valence-electron chi connectivity index (χ3n) is 7.34. The minimum absolute atomic E-state index is 0.114. The van der Waals surface area contributed by atoms with Crippen LogP contribution in [0.4, 0.5) is 0 Å². The molecule has 0 aromatic carbocycles. The number of allylic oxidation sites excluding steroid dienone is 5. The van der Waals surface area contributed by atoms with Gasteiger partial charge < -0.3 is 5.11 Å². The first-order chi connectivity index (χ1) is 11.3. The van der Waals surface area contributed by atoms with E-state index in [9.17, 15) is 9.90 Å². The third-order valence-corrected chi connectivity index (χ3v) is 7.34. The van der Waals surface area contributed by atoms with Crippen molar-refractivity contribution in [1.82, 2.24) is 0 Å². The first-order valence-electron chi connectivity index (χ1n) is 9.60. The smallest absolute Gasteiger partial charge is 0.310 e. The van der Waals surface area contributed by atoms with E-state index in [4.69, 9.17) is 0 Å². The molecule has 0 spiro atoms. The van der Waals surface area contributed by atoms with E-state index >= 15 is 0 Å². The molecule has 132 valence electrons. The van der Waals surface area contributed by atoms with Gasteiger partial charge in [0.1, 0.15) is 0 Å². The summed E-state index contributed by atoms with van der Waals surface area (Å²) in [7, 11) is 0. The summed E-state index contributed by atoms with van der Waals surface area (Å²) in [6.45, 7) is 10.8. The molecule has 1 N–H and O–H groups in total. The van der Waals surface area contributed by atoms with Gasteiger partial charge in [0.15, 0.2) is 0 Å². The van der Waals surface area contributed by atoms with E-state index in [0.29, 0.717) is 18.3 Å². The third kappa shape index (κ3) is 2.50. The largest absolute Gasteiger partial charge is 0.481 e. The van der Waals surface area contributed by atoms with Gasteiger partial charge in [-0.3, -0.25) is 4.79 Å². The molecule has 2 nitrogen and oxygen atoms in total. The van der Waals surface area contributed by atoms with Gasteiger partial charge in [-0.2, -0.15) is 0 Å². The zero-order valence-corrected chi connectivity index (χ0v) is 15.5. The summed E-state index contributed by atoms with van der Waals surface area (Å²) in [5.74, 6) is 0.770. The van der Waals surface area contributed by atoms with Crippen molar-refractivity contribution in [3.63, 3.8) is 0 Å². The number of rotatable bonds is 4. The predicted molar refractivity (Wildman–Crippen MR) is 98.7 cm³/mol. The molecule has 3 aliphatic rings. The van der Waals surface area contributed by atoms with Gasteiger partial charge in [0.05, 0.1) is 5.41 Å². The molecule has 3 rings (SSSR count). The van der Waals surface area contributed by atoms with Crippen molar-refractivity contribution in [2.75, 3.05) is 0 Å². The summed E-state index contributed by atoms with van der Waals surface area (Å²) in [5, 5.41) is 10.1. The second kappa shape index (κ2) is 6.20. The number of hydrogen-bond acceptors (Lipinski definition) is 1. The molecule has 1 saturated carbocycles. The average Bonchev–Trinajstić information content (AvgIpc) is 2.54. The van der Waals surface area contributed by atoms with Crippen molar-refractivity contribution < 1.29 is 9.90 Å². The second-order valence-electron chi connectivity index (χ2n) is 8.77. The van der Waals surface area contributed by atoms with Crippen molar-refractivity contribution in [1.29, 1.82) is 0 Å². The van der Waals surface area contributed by atoms with Gasteiger partial charge in [-0.25, -0.2) is 0 Å². The van der Waals surface area contributed by atoms with Gasteiger partial charge in [-0.05, 0) is 67.3 Å². The van der Waals surface area contributed by atoms with Crippen LogP contribution in [0.15, 0.2) is 36.0 Å². The van der Waals surface area contributed by atoms with E-state index in [1.807, 2.05) is 6.08 Å². The van der Waals surface area contributed by atoms with E-state index in [2.05, 4.69) is 39.5 Å². The Balaban J connectivity index is 2.03. The van der Waals surface area contributed by atoms with Crippen molar-refractivity contribution in [3.8, 4) is 0 Å². The number of fused-ring (bicyclic) bond motifs is 3. The van der Waals surface area contributed by atoms with Crippen molar-refractivity contribution in [2.24, 2.45) is 28.6 Å². The van der Waals surface area contributed by atoms with Crippen LogP contribution in [-0.4, -0.2) is 11.1 Å². The van der Waals surface area contributed by atoms with E-state index in [1.54, 1.807) is 5.57 Å². The SMILES string of the molecule is C=CC[C@]1(C(=O)O)CCC[C@@]2(C)C1CC=C1C=C(C(C)C)CC[C@H]12. The molecule has 0 aromatic heterocycles. The van der Waals surface area contributed by atoms with Gasteiger partial charge in [0, 0.05) is 0 Å². The van der Waals surface area contributed by atoms with Crippen LogP contribution in [0.5, 0.6) is 0 Å². The summed E-state index contributed by atoms with van der Waals surface area (Å²) < 4.78 is 0. The Bertz CT molecular complexity index is 597. The minimum atomic E-state index is -0.612. The number of carboxylic acid groups (broad SMARTS) is 1. The highest BCUT2D eigenvalue weighted by atomic mass is 16.4. The topological polar surface area (TPSA) is 37.3 Å². The molecule has 0 saturated heterocycles. The average molecular weight is 328 g/mol. The molecule has 0 heterocycles. The number of carbonyl (C=O) groups is 1. The zero-order valence-electron chi connectivity index (χ0n) is 15.5. The lowest BCUT2D eigenvalue weighted by molar-refractivity contribution is -0.164. The van der Waals surface area contributed by atoms with E-state index in [1.165, 1.54) is 18.4 Å². The second-order valence-corrected chi connectivity index (χ2v) is 8.77. The van der Waals surface area contributed by atoms with Crippen LogP contribution in [0.25, 0.3) is 0 Å². The number of carboxylic acids is 1. The molecule has 1 unspecified atom stereocenters. The fraction of sp³-hybridized carbons (Fsp3) is 0.682. The van der Waals surface area contributed by atoms with Crippen LogP contribution < -0.4 is 0 Å². The van der Waals surface area contributed by atoms with Crippen molar-refractivity contribution >= 4 is 5.97 Å². The highest BCUT2D eigenvalue weighted by molar-refractivity contribution is 5.76. The normalized spacial score (nSPS) is 38.7. The van der Waals surface area contributed by atoms with Gasteiger partial charge in [0.2, 0.25) is 0 Å². The Morgan fingerprint density at radius 3 is 2.83 bits per heavy atom. The zero-order chi connectivity index (χ0) is 17.5. The van der Waals surface area contributed by atoms with Crippen LogP contribution in [0.1, 0.15) is 65.7 Å². The quantitative estimate of drug-likeness (QED) is 0.666. The Hall–Kier alpha value is -1.31. The summed E-state index contributed by atoms with van der Waals surface area (Å²) in [5.41, 5.74) is 2.55. The molecule has 24 heavy (non-hydrogen) atoms. The fourth-order valence-corrected chi connectivity index (χ4v) is 6.01. The predicted octanol–water partition coefficient (Wildman–Crippen LogP) is 5.76. The molecule has 0 radical (unpaired) electrons. The molecular formula is C22H32O2. The lowest BCUT2D eigenvalue weighted by atomic mass is 9.46. The maximum atomic E-state index is 12.3. The first kappa shape index (κ1) is 17.5. The highest BCUT2D eigenvalue weighted by Crippen LogP contribution is 2.63. The van der Waals surface area contributed by atoms with Crippen LogP contribution in [0.3, 0.4) is 0 Å². The minimum Gasteiger partial charge on any atom is -0.481 e. The molecule has 0 aromatic rings. The Morgan fingerprint density at radius 2 is 2.21 bits per heavy atom. The standard InChI is InChI=1S/C22H32O2/c1-5-11-22(20(23)24)13-6-12-21(4)18-9-7-16(15(2)3)14-17(18)8-10-19(21)22/h5,8,14-15,18-19H,1,6-7,9-13H2,2-4H3,(H,23,24)/t18-,19?,21-,22+/m1/s1. The van der Waals surface area contributed by atoms with Crippen molar-refractivity contribution in [2.45, 2.75) is 65.7 Å². The van der Waals surface area contributed by atoms with Gasteiger partial charge in [-0.1, -0.05) is 51.0 Å². The first-order valence-corrected chi connectivity index (χ1v) is 9.60. The van der Waals surface area contributed by atoms with Crippen LogP contribution >= 0.6 is 0 Å². The Labute approximate surface area is 146 Å². The summed E-state index contributed by atoms with van der Waals surface area (Å²) in [6, 6.07) is 0. The summed E-state index contributed by atoms with van der Waals surface area (Å²) >= 11 is 0. The summed E-state index contributed by atoms with van der Waals surface area (Å²) in [4.78, 5) is 12.3. The number of hydrogen-bond donors (Lipinski definition) is 1. The Kier molecular flexibility index (Phi) is 4.53. The lowest BCUT2D eigenvalue weighted by Gasteiger charge is -2.57. The van der Waals surface area contributed by atoms with E-state index in [-0.39, 0.29) is 11.3 Å². The van der Waals surface area contributed by atoms with Crippen LogP contribution in [-0.2, 0) is 4.79 Å². The highest BCUT2D eigenvalue weighted by Gasteiger charge is 2.58. The van der Waals surface area contributed by atoms with E-state index < -0.39 is 11.4 Å². The molecule has 0 aliphatic heterocycles. The molecule has 1 fully saturated rings. The van der Waals surface area contributed by atoms with Gasteiger partial charge >= 0.3 is 5.97 Å². The molecule has 0 bridgehead atoms. The fourth-order valence-electron chi connectivity index (χ4n) is 6.01. The maximum absolute atomic E-state index is 12.3. The van der Waals surface area contributed by atoms with Gasteiger partial charge in [0.25, 0.3) is 0 Å². The van der Waals surface area contributed by atoms with Crippen molar-refractivity contribution in [3.05, 3.63) is 36.0 Å². The molecule has 4 atom stereocenters. The Morgan fingerprint density at radius 1 is 1.46 bits per heavy atom. The van der Waals surface area contributed by atoms with Gasteiger partial charge in [-0.15, -0.1) is 6.58 Å². The van der Waals surface area contributed by atoms with Crippen LogP contribution in [0, 0.1) is 28.6 Å². The molecule has 0 amide bonds. The summed E-state index contributed by atoms with van der Waals surface area (Å²) in [6.07, 6.45) is 13.5. The lowest BCUT2D eigenvalue weighted by Crippen LogP contribution is -2.54. The van der Waals surface area contributed by atoms with Crippen LogP contribution in [0.2, 0.25) is 0 Å².